The summed E-state index contributed by atoms with van der Waals surface area (Å²) in [5.41, 5.74) is 3.86. The van der Waals surface area contributed by atoms with Gasteiger partial charge in [-0.15, -0.1) is 0 Å². The molecule has 18 heavy (non-hydrogen) atoms. The lowest BCUT2D eigenvalue weighted by atomic mass is 10.1. The highest BCUT2D eigenvalue weighted by Crippen LogP contribution is 2.12. The molecule has 94 valence electrons. The topological polar surface area (TPSA) is 30.2 Å². The van der Waals surface area contributed by atoms with Gasteiger partial charge in [-0.05, 0) is 31.2 Å². The highest BCUT2D eigenvalue weighted by atomic mass is 32.1. The number of nitrogens with zero attached hydrogens (tertiary/aromatic N) is 1. The van der Waals surface area contributed by atoms with Crippen molar-refractivity contribution in [2.75, 3.05) is 7.11 Å². The summed E-state index contributed by atoms with van der Waals surface area (Å²) in [4.78, 5) is 13.4. The number of hydrogen-bond acceptors (Lipinski definition) is 3. The minimum Gasteiger partial charge on any atom is -0.497 e. The fraction of sp³-hybridized carbons (Fsp3) is 0.286. The Bertz CT molecular complexity index is 558. The minimum atomic E-state index is 0.114. The molecule has 0 fully saturated rings. The first-order chi connectivity index (χ1) is 8.61. The van der Waals surface area contributed by atoms with Crippen molar-refractivity contribution in [1.29, 1.82) is 0 Å². The van der Waals surface area contributed by atoms with E-state index in [9.17, 15) is 4.79 Å². The van der Waals surface area contributed by atoms with Crippen LogP contribution in [0.5, 0.6) is 5.75 Å². The van der Waals surface area contributed by atoms with Crippen molar-refractivity contribution in [2.24, 2.45) is 0 Å². The number of aryl methyl sites for hydroxylation is 1. The van der Waals surface area contributed by atoms with Crippen LogP contribution in [-0.4, -0.2) is 12.9 Å². The zero-order chi connectivity index (χ0) is 13.1. The van der Waals surface area contributed by atoms with Crippen molar-refractivity contribution >= 4 is 17.1 Å². The van der Waals surface area contributed by atoms with E-state index < -0.39 is 0 Å². The molecule has 1 aromatic heterocycles. The van der Waals surface area contributed by atoms with E-state index in [2.05, 4.69) is 6.92 Å². The van der Waals surface area contributed by atoms with Crippen LogP contribution < -0.4 is 9.30 Å². The third-order valence-corrected chi connectivity index (χ3v) is 4.03. The van der Waals surface area contributed by atoms with Crippen LogP contribution >= 0.6 is 11.3 Å². The smallest absolute Gasteiger partial charge is 0.227 e. The molecule has 0 amide bonds. The second-order valence-electron chi connectivity index (χ2n) is 4.14. The predicted molar refractivity (Wildman–Crippen MR) is 71.3 cm³/mol. The fourth-order valence-corrected chi connectivity index (χ4v) is 2.49. The van der Waals surface area contributed by atoms with Crippen LogP contribution in [0, 0.1) is 13.8 Å². The summed E-state index contributed by atoms with van der Waals surface area (Å²) in [5.74, 6) is 0.880. The Morgan fingerprint density at radius 1 is 1.28 bits per heavy atom. The lowest BCUT2D eigenvalue weighted by Gasteiger charge is -2.01. The normalized spacial score (nSPS) is 10.4. The summed E-state index contributed by atoms with van der Waals surface area (Å²) in [7, 11) is 1.62. The number of carbonyl (C=O) groups is 1. The van der Waals surface area contributed by atoms with Crippen molar-refractivity contribution < 1.29 is 14.1 Å². The SMILES string of the molecule is COc1ccc(C(=O)C[n+]2csc(C)c2C)cc1. The molecule has 0 aliphatic carbocycles. The highest BCUT2D eigenvalue weighted by molar-refractivity contribution is 7.09. The van der Waals surface area contributed by atoms with E-state index in [1.165, 1.54) is 4.88 Å². The number of aromatic nitrogens is 1. The Morgan fingerprint density at radius 3 is 2.44 bits per heavy atom. The molecule has 0 atom stereocenters. The number of thiazole rings is 1. The monoisotopic (exact) mass is 262 g/mol. The second-order valence-corrected chi connectivity index (χ2v) is 5.20. The van der Waals surface area contributed by atoms with Gasteiger partial charge in [-0.25, -0.2) is 0 Å². The molecule has 0 aliphatic rings. The molecule has 0 saturated carbocycles. The molecule has 0 bridgehead atoms. The first kappa shape index (κ1) is 12.8. The summed E-state index contributed by atoms with van der Waals surface area (Å²) < 4.78 is 7.07. The first-order valence-corrected chi connectivity index (χ1v) is 6.61. The van der Waals surface area contributed by atoms with Crippen LogP contribution in [0.3, 0.4) is 0 Å². The van der Waals surface area contributed by atoms with Gasteiger partial charge in [0.1, 0.15) is 5.75 Å². The number of benzene rings is 1. The minimum absolute atomic E-state index is 0.114. The van der Waals surface area contributed by atoms with E-state index in [0.29, 0.717) is 12.1 Å². The number of rotatable bonds is 4. The van der Waals surface area contributed by atoms with Crippen molar-refractivity contribution in [2.45, 2.75) is 20.4 Å². The quantitative estimate of drug-likeness (QED) is 0.626. The lowest BCUT2D eigenvalue weighted by Crippen LogP contribution is -2.38. The molecule has 0 spiro atoms. The molecule has 1 heterocycles. The number of ketones is 1. The Balaban J connectivity index is 2.14. The van der Waals surface area contributed by atoms with Crippen LogP contribution in [0.4, 0.5) is 0 Å². The van der Waals surface area contributed by atoms with E-state index >= 15 is 0 Å². The maximum Gasteiger partial charge on any atom is 0.227 e. The largest absolute Gasteiger partial charge is 0.497 e. The zero-order valence-corrected chi connectivity index (χ0v) is 11.6. The van der Waals surface area contributed by atoms with Crippen LogP contribution in [-0.2, 0) is 6.54 Å². The Hall–Kier alpha value is -1.68. The van der Waals surface area contributed by atoms with Gasteiger partial charge in [0.15, 0.2) is 5.69 Å². The molecule has 3 nitrogen and oxygen atoms in total. The molecule has 2 rings (SSSR count). The van der Waals surface area contributed by atoms with E-state index in [-0.39, 0.29) is 5.78 Å². The summed E-state index contributed by atoms with van der Waals surface area (Å²) in [6.07, 6.45) is 0. The highest BCUT2D eigenvalue weighted by Gasteiger charge is 2.17. The van der Waals surface area contributed by atoms with Gasteiger partial charge >= 0.3 is 0 Å². The number of hydrogen-bond donors (Lipinski definition) is 0. The van der Waals surface area contributed by atoms with E-state index in [1.807, 2.05) is 29.1 Å². The first-order valence-electron chi connectivity index (χ1n) is 5.73. The lowest BCUT2D eigenvalue weighted by molar-refractivity contribution is -0.684. The fourth-order valence-electron chi connectivity index (χ4n) is 1.69. The molecule has 0 saturated heterocycles. The molecule has 0 unspecified atom stereocenters. The number of ether oxygens (including phenoxy) is 1. The standard InChI is InChI=1S/C14H16NO2S/c1-10-11(2)18-9-15(10)8-14(16)12-4-6-13(17-3)7-5-12/h4-7,9H,8H2,1-3H3/q+1. The maximum absolute atomic E-state index is 12.1. The van der Waals surface area contributed by atoms with Gasteiger partial charge in [0.05, 0.1) is 12.0 Å². The summed E-state index contributed by atoms with van der Waals surface area (Å²) in [6, 6.07) is 7.22. The van der Waals surface area contributed by atoms with Crippen LogP contribution in [0.2, 0.25) is 0 Å². The Labute approximate surface area is 111 Å². The van der Waals surface area contributed by atoms with Gasteiger partial charge in [0.2, 0.25) is 17.8 Å². The number of Topliss-reactive ketones (excluding diaryl/α,β-unsaturated/α-hetero) is 1. The zero-order valence-electron chi connectivity index (χ0n) is 10.8. The average molecular weight is 262 g/mol. The Morgan fingerprint density at radius 2 is 1.94 bits per heavy atom. The third kappa shape index (κ3) is 2.59. The Kier molecular flexibility index (Phi) is 3.77. The second kappa shape index (κ2) is 5.31. The van der Waals surface area contributed by atoms with Gasteiger partial charge in [0.25, 0.3) is 0 Å². The van der Waals surface area contributed by atoms with Crippen LogP contribution in [0.15, 0.2) is 29.8 Å². The molecule has 0 radical (unpaired) electrons. The van der Waals surface area contributed by atoms with Crippen molar-refractivity contribution in [3.63, 3.8) is 0 Å². The summed E-state index contributed by atoms with van der Waals surface area (Å²) >= 11 is 1.67. The molecular formula is C14H16NO2S+. The third-order valence-electron chi connectivity index (χ3n) is 3.02. The molecule has 2 aromatic rings. The van der Waals surface area contributed by atoms with Gasteiger partial charge in [-0.3, -0.25) is 4.79 Å². The average Bonchev–Trinajstić information content (AvgIpc) is 2.71. The number of carbonyl (C=O) groups excluding carboxylic acids is 1. The summed E-state index contributed by atoms with van der Waals surface area (Å²) in [5, 5.41) is 0. The van der Waals surface area contributed by atoms with Crippen molar-refractivity contribution in [1.82, 2.24) is 0 Å². The van der Waals surface area contributed by atoms with Crippen LogP contribution in [0.1, 0.15) is 20.9 Å². The predicted octanol–water partition coefficient (Wildman–Crippen LogP) is 2.54. The van der Waals surface area contributed by atoms with Gasteiger partial charge < -0.3 is 4.74 Å². The number of methoxy groups -OCH3 is 1. The van der Waals surface area contributed by atoms with Gasteiger partial charge in [-0.1, -0.05) is 11.3 Å². The molecule has 0 N–H and O–H groups in total. The summed E-state index contributed by atoms with van der Waals surface area (Å²) in [6.45, 7) is 4.49. The van der Waals surface area contributed by atoms with Crippen molar-refractivity contribution in [3.05, 3.63) is 45.9 Å². The van der Waals surface area contributed by atoms with Gasteiger partial charge in [-0.2, -0.15) is 4.57 Å². The van der Waals surface area contributed by atoms with Gasteiger partial charge in [0, 0.05) is 12.5 Å². The van der Waals surface area contributed by atoms with E-state index in [0.717, 1.165) is 11.4 Å². The molecular weight excluding hydrogens is 246 g/mol. The molecule has 0 aliphatic heterocycles. The van der Waals surface area contributed by atoms with E-state index in [1.54, 1.807) is 30.6 Å². The maximum atomic E-state index is 12.1. The molecule has 4 heteroatoms. The van der Waals surface area contributed by atoms with Crippen molar-refractivity contribution in [3.8, 4) is 5.75 Å². The molecule has 1 aromatic carbocycles. The van der Waals surface area contributed by atoms with E-state index in [4.69, 9.17) is 4.74 Å². The van der Waals surface area contributed by atoms with Crippen LogP contribution in [0.25, 0.3) is 0 Å².